The molecule has 0 aromatic heterocycles. The predicted molar refractivity (Wildman–Crippen MR) is 91.7 cm³/mol. The second kappa shape index (κ2) is 9.94. The van der Waals surface area contributed by atoms with Gasteiger partial charge in [0.2, 0.25) is 0 Å². The van der Waals surface area contributed by atoms with Crippen LogP contribution in [0, 0.1) is 17.2 Å². The first kappa shape index (κ1) is 18.3. The second-order valence-corrected chi connectivity index (χ2v) is 6.08. The minimum atomic E-state index is -0.0497. The number of ether oxygens (including phenoxy) is 2. The fourth-order valence-corrected chi connectivity index (χ4v) is 2.96. The van der Waals surface area contributed by atoms with Crippen molar-refractivity contribution >= 4 is 5.97 Å². The predicted octanol–water partition coefficient (Wildman–Crippen LogP) is 2.99. The van der Waals surface area contributed by atoms with Crippen molar-refractivity contribution in [2.75, 3.05) is 32.8 Å². The van der Waals surface area contributed by atoms with Crippen molar-refractivity contribution in [3.8, 4) is 11.8 Å². The minimum absolute atomic E-state index is 0.0357. The van der Waals surface area contributed by atoms with Crippen molar-refractivity contribution in [3.63, 3.8) is 0 Å². The Hall–Kier alpha value is -2.06. The topological polar surface area (TPSA) is 62.6 Å². The van der Waals surface area contributed by atoms with Crippen LogP contribution in [0.15, 0.2) is 24.3 Å². The first-order valence-corrected chi connectivity index (χ1v) is 8.75. The summed E-state index contributed by atoms with van der Waals surface area (Å²) < 4.78 is 10.8. The summed E-state index contributed by atoms with van der Waals surface area (Å²) in [5.74, 6) is 0.786. The van der Waals surface area contributed by atoms with Gasteiger partial charge in [-0.05, 0) is 70.0 Å². The molecule has 130 valence electrons. The Bertz CT molecular complexity index is 551. The highest BCUT2D eigenvalue weighted by atomic mass is 16.5. The van der Waals surface area contributed by atoms with Gasteiger partial charge in [-0.3, -0.25) is 4.79 Å². The van der Waals surface area contributed by atoms with Crippen LogP contribution in [0.2, 0.25) is 0 Å². The van der Waals surface area contributed by atoms with Crippen LogP contribution in [0.25, 0.3) is 0 Å². The lowest BCUT2D eigenvalue weighted by Gasteiger charge is -2.31. The number of nitrogens with zero attached hydrogens (tertiary/aromatic N) is 2. The molecule has 0 saturated carbocycles. The van der Waals surface area contributed by atoms with Gasteiger partial charge in [0.1, 0.15) is 5.75 Å². The summed E-state index contributed by atoms with van der Waals surface area (Å²) in [5, 5.41) is 8.76. The molecule has 1 aliphatic heterocycles. The summed E-state index contributed by atoms with van der Waals surface area (Å²) in [6.45, 7) is 5.85. The smallest absolute Gasteiger partial charge is 0.310 e. The Balaban J connectivity index is 1.61. The maximum atomic E-state index is 11.8. The van der Waals surface area contributed by atoms with E-state index in [4.69, 9.17) is 14.7 Å². The molecular formula is C19H26N2O3. The van der Waals surface area contributed by atoms with Crippen LogP contribution in [-0.2, 0) is 9.53 Å². The Kier molecular flexibility index (Phi) is 7.57. The van der Waals surface area contributed by atoms with Crippen molar-refractivity contribution < 1.29 is 14.3 Å². The van der Waals surface area contributed by atoms with Crippen LogP contribution in [0.1, 0.15) is 38.2 Å². The van der Waals surface area contributed by atoms with Crippen molar-refractivity contribution in [3.05, 3.63) is 29.8 Å². The monoisotopic (exact) mass is 330 g/mol. The number of likely N-dealkylation sites (tertiary alicyclic amines) is 1. The minimum Gasteiger partial charge on any atom is -0.494 e. The first-order valence-electron chi connectivity index (χ1n) is 8.75. The highest BCUT2D eigenvalue weighted by Crippen LogP contribution is 2.18. The average molecular weight is 330 g/mol. The van der Waals surface area contributed by atoms with Crippen molar-refractivity contribution in [2.24, 2.45) is 5.92 Å². The van der Waals surface area contributed by atoms with Crippen molar-refractivity contribution in [2.45, 2.75) is 32.6 Å². The van der Waals surface area contributed by atoms with Crippen LogP contribution in [0.3, 0.4) is 0 Å². The molecule has 0 aliphatic carbocycles. The second-order valence-electron chi connectivity index (χ2n) is 6.08. The fourth-order valence-electron chi connectivity index (χ4n) is 2.96. The fraction of sp³-hybridized carbons (Fsp3) is 0.579. The van der Waals surface area contributed by atoms with E-state index in [0.717, 1.165) is 51.1 Å². The van der Waals surface area contributed by atoms with Crippen LogP contribution < -0.4 is 4.74 Å². The molecule has 0 unspecified atom stereocenters. The molecule has 1 fully saturated rings. The van der Waals surface area contributed by atoms with Crippen LogP contribution in [0.5, 0.6) is 5.75 Å². The van der Waals surface area contributed by atoms with E-state index in [9.17, 15) is 4.79 Å². The zero-order valence-corrected chi connectivity index (χ0v) is 14.4. The Morgan fingerprint density at radius 2 is 2.12 bits per heavy atom. The molecule has 24 heavy (non-hydrogen) atoms. The molecule has 0 bridgehead atoms. The summed E-state index contributed by atoms with van der Waals surface area (Å²) in [6, 6.07) is 9.27. The van der Waals surface area contributed by atoms with Gasteiger partial charge in [0, 0.05) is 6.54 Å². The van der Waals surface area contributed by atoms with E-state index in [1.165, 1.54) is 0 Å². The van der Waals surface area contributed by atoms with E-state index in [1.54, 1.807) is 12.1 Å². The molecule has 2 rings (SSSR count). The molecular weight excluding hydrogens is 304 g/mol. The molecule has 0 spiro atoms. The number of nitriles is 1. The van der Waals surface area contributed by atoms with Crippen molar-refractivity contribution in [1.82, 2.24) is 4.90 Å². The Labute approximate surface area is 144 Å². The number of esters is 1. The molecule has 1 aromatic rings. The number of hydrogen-bond acceptors (Lipinski definition) is 5. The molecule has 0 N–H and O–H groups in total. The largest absolute Gasteiger partial charge is 0.494 e. The quantitative estimate of drug-likeness (QED) is 0.541. The van der Waals surface area contributed by atoms with Gasteiger partial charge < -0.3 is 14.4 Å². The highest BCUT2D eigenvalue weighted by molar-refractivity contribution is 5.72. The summed E-state index contributed by atoms with van der Waals surface area (Å²) in [6.07, 6.45) is 4.02. The summed E-state index contributed by atoms with van der Waals surface area (Å²) in [5.41, 5.74) is 0.642. The standard InChI is InChI=1S/C19H26N2O3/c1-2-23-19(22)17-6-5-12-21(15-17)11-3-4-13-24-18-9-7-16(14-20)8-10-18/h7-10,17H,2-6,11-13,15H2,1H3/t17-/m1/s1. The highest BCUT2D eigenvalue weighted by Gasteiger charge is 2.26. The average Bonchev–Trinajstić information content (AvgIpc) is 2.62. The number of carbonyl (C=O) groups is 1. The summed E-state index contributed by atoms with van der Waals surface area (Å²) in [7, 11) is 0. The zero-order valence-electron chi connectivity index (χ0n) is 14.4. The van der Waals surface area contributed by atoms with Gasteiger partial charge in [-0.25, -0.2) is 0 Å². The molecule has 5 nitrogen and oxygen atoms in total. The number of benzene rings is 1. The maximum Gasteiger partial charge on any atom is 0.310 e. The van der Waals surface area contributed by atoms with E-state index in [1.807, 2.05) is 19.1 Å². The third-order valence-corrected chi connectivity index (χ3v) is 4.25. The number of carbonyl (C=O) groups excluding carboxylic acids is 1. The number of piperidine rings is 1. The van der Waals surface area contributed by atoms with Gasteiger partial charge in [-0.2, -0.15) is 5.26 Å². The van der Waals surface area contributed by atoms with E-state index in [2.05, 4.69) is 11.0 Å². The van der Waals surface area contributed by atoms with Crippen molar-refractivity contribution in [1.29, 1.82) is 5.26 Å². The molecule has 1 atom stereocenters. The first-order chi connectivity index (χ1) is 11.7. The van der Waals surface area contributed by atoms with Crippen LogP contribution >= 0.6 is 0 Å². The van der Waals surface area contributed by atoms with E-state index >= 15 is 0 Å². The van der Waals surface area contributed by atoms with Gasteiger partial charge in [0.15, 0.2) is 0 Å². The third-order valence-electron chi connectivity index (χ3n) is 4.25. The number of unbranched alkanes of at least 4 members (excludes halogenated alkanes) is 1. The SMILES string of the molecule is CCOC(=O)[C@@H]1CCCN(CCCCOc2ccc(C#N)cc2)C1. The molecule has 0 radical (unpaired) electrons. The van der Waals surface area contributed by atoms with Gasteiger partial charge in [0.05, 0.1) is 30.8 Å². The summed E-state index contributed by atoms with van der Waals surface area (Å²) in [4.78, 5) is 14.2. The van der Waals surface area contributed by atoms with E-state index in [0.29, 0.717) is 18.8 Å². The normalized spacial score (nSPS) is 17.9. The van der Waals surface area contributed by atoms with Gasteiger partial charge >= 0.3 is 5.97 Å². The van der Waals surface area contributed by atoms with E-state index in [-0.39, 0.29) is 11.9 Å². The molecule has 5 heteroatoms. The lowest BCUT2D eigenvalue weighted by molar-refractivity contribution is -0.149. The third kappa shape index (κ3) is 5.86. The lowest BCUT2D eigenvalue weighted by Crippen LogP contribution is -2.39. The summed E-state index contributed by atoms with van der Waals surface area (Å²) >= 11 is 0. The number of hydrogen-bond donors (Lipinski definition) is 0. The molecule has 0 amide bonds. The Morgan fingerprint density at radius 1 is 1.33 bits per heavy atom. The molecule has 1 aromatic carbocycles. The van der Waals surface area contributed by atoms with Gasteiger partial charge in [-0.1, -0.05) is 0 Å². The number of rotatable bonds is 8. The molecule has 1 heterocycles. The van der Waals surface area contributed by atoms with E-state index < -0.39 is 0 Å². The lowest BCUT2D eigenvalue weighted by atomic mass is 9.98. The molecule has 1 saturated heterocycles. The molecule has 1 aliphatic rings. The van der Waals surface area contributed by atoms with Crippen LogP contribution in [-0.4, -0.2) is 43.7 Å². The van der Waals surface area contributed by atoms with Crippen LogP contribution in [0.4, 0.5) is 0 Å². The maximum absolute atomic E-state index is 11.8. The van der Waals surface area contributed by atoms with Gasteiger partial charge in [0.25, 0.3) is 0 Å². The Morgan fingerprint density at radius 3 is 2.83 bits per heavy atom. The van der Waals surface area contributed by atoms with Gasteiger partial charge in [-0.15, -0.1) is 0 Å². The zero-order chi connectivity index (χ0) is 17.2.